The van der Waals surface area contributed by atoms with Gasteiger partial charge >= 0.3 is 0 Å². The van der Waals surface area contributed by atoms with Crippen LogP contribution in [0.15, 0.2) is 75.3 Å². The Balaban J connectivity index is 1.75. The fourth-order valence-electron chi connectivity index (χ4n) is 4.25. The lowest BCUT2D eigenvalue weighted by molar-refractivity contribution is 0.477. The summed E-state index contributed by atoms with van der Waals surface area (Å²) in [5, 5.41) is 30.3. The van der Waals surface area contributed by atoms with Gasteiger partial charge in [0.15, 0.2) is 17.3 Å². The molecular formula is C25H22N8O6S2. The number of hydrogen-bond donors (Lipinski definition) is 3. The third-order valence-electron chi connectivity index (χ3n) is 6.14. The lowest BCUT2D eigenvalue weighted by atomic mass is 9.91. The Hall–Kier alpha value is -4.69. The van der Waals surface area contributed by atoms with E-state index in [0.29, 0.717) is 22.9 Å². The average molecular weight is 595 g/mol. The number of nitrogens with one attached hydrogen (secondary N) is 1. The zero-order valence-electron chi connectivity index (χ0n) is 21.8. The first-order chi connectivity index (χ1) is 19.1. The van der Waals surface area contributed by atoms with Gasteiger partial charge < -0.3 is 5.32 Å². The molecule has 4 aromatic rings. The summed E-state index contributed by atoms with van der Waals surface area (Å²) < 4.78 is 69.6. The lowest BCUT2D eigenvalue weighted by Crippen LogP contribution is -2.15. The first kappa shape index (κ1) is 27.9. The summed E-state index contributed by atoms with van der Waals surface area (Å²) in [4.78, 5) is -1.43. The van der Waals surface area contributed by atoms with E-state index in [4.69, 9.17) is 5.10 Å². The van der Waals surface area contributed by atoms with E-state index in [9.17, 15) is 31.2 Å². The van der Waals surface area contributed by atoms with Gasteiger partial charge in [0.1, 0.15) is 16.5 Å². The van der Waals surface area contributed by atoms with Crippen LogP contribution >= 0.6 is 0 Å². The Morgan fingerprint density at radius 3 is 2.34 bits per heavy atom. The minimum Gasteiger partial charge on any atom is -0.338 e. The number of hydrogen-bond acceptors (Lipinski definition) is 10. The van der Waals surface area contributed by atoms with Crippen LogP contribution in [0.25, 0.3) is 17.1 Å². The molecule has 3 N–H and O–H groups in total. The van der Waals surface area contributed by atoms with Crippen LogP contribution in [0.1, 0.15) is 37.6 Å². The van der Waals surface area contributed by atoms with Crippen LogP contribution in [-0.2, 0) is 25.7 Å². The van der Waals surface area contributed by atoms with Crippen LogP contribution in [0.3, 0.4) is 0 Å². The van der Waals surface area contributed by atoms with E-state index in [1.165, 1.54) is 0 Å². The molecule has 3 heterocycles. The van der Waals surface area contributed by atoms with Crippen LogP contribution in [0.4, 0.5) is 17.3 Å². The molecule has 0 saturated carbocycles. The highest BCUT2D eigenvalue weighted by atomic mass is 32.2. The fraction of sp³-hybridized carbons (Fsp3) is 0.160. The average Bonchev–Trinajstić information content (AvgIpc) is 3.47. The van der Waals surface area contributed by atoms with Crippen molar-refractivity contribution in [2.75, 3.05) is 5.32 Å². The van der Waals surface area contributed by atoms with Gasteiger partial charge in [-0.25, -0.2) is 9.36 Å². The highest BCUT2D eigenvalue weighted by molar-refractivity contribution is 7.86. The summed E-state index contributed by atoms with van der Waals surface area (Å²) in [6, 6.07) is 11.7. The van der Waals surface area contributed by atoms with E-state index in [0.717, 1.165) is 40.3 Å². The van der Waals surface area contributed by atoms with Crippen molar-refractivity contribution in [3.63, 3.8) is 0 Å². The molecule has 0 saturated heterocycles. The largest absolute Gasteiger partial charge is 0.338 e. The zero-order chi connectivity index (χ0) is 29.9. The van der Waals surface area contributed by atoms with E-state index >= 15 is 0 Å². The highest BCUT2D eigenvalue weighted by Gasteiger charge is 2.32. The molecule has 0 radical (unpaired) electrons. The topological polar surface area (TPSA) is 205 Å². The van der Waals surface area contributed by atoms with E-state index in [1.807, 2.05) is 51.1 Å². The number of nitriles is 1. The molecule has 0 atom stereocenters. The monoisotopic (exact) mass is 594 g/mol. The number of rotatable bonds is 5. The number of fused-ring (bicyclic) bond motifs is 3. The molecule has 0 bridgehead atoms. The van der Waals surface area contributed by atoms with Gasteiger partial charge in [0.2, 0.25) is 0 Å². The molecule has 0 aliphatic carbocycles. The Labute approximate surface area is 234 Å². The molecular weight excluding hydrogens is 572 g/mol. The highest BCUT2D eigenvalue weighted by Crippen LogP contribution is 2.44. The third-order valence-corrected chi connectivity index (χ3v) is 7.89. The Bertz CT molecular complexity index is 2050. The maximum absolute atomic E-state index is 12.1. The van der Waals surface area contributed by atoms with Crippen LogP contribution in [0.2, 0.25) is 0 Å². The van der Waals surface area contributed by atoms with Gasteiger partial charge in [0.25, 0.3) is 20.2 Å². The molecule has 2 aromatic heterocycles. The second-order valence-electron chi connectivity index (χ2n) is 10.0. The van der Waals surface area contributed by atoms with Crippen LogP contribution < -0.4 is 5.32 Å². The van der Waals surface area contributed by atoms with Gasteiger partial charge in [0, 0.05) is 16.7 Å². The Morgan fingerprint density at radius 2 is 1.71 bits per heavy atom. The van der Waals surface area contributed by atoms with Gasteiger partial charge in [-0.3, -0.25) is 9.11 Å². The Kier molecular flexibility index (Phi) is 6.42. The van der Waals surface area contributed by atoms with Gasteiger partial charge in [-0.1, -0.05) is 45.5 Å². The molecule has 0 amide bonds. The molecule has 210 valence electrons. The standard InChI is InChI=1S/C25H22N8O6S2/c1-14-17-7-5-6-8-18(17)33-24(28-14)21(22(31-33)25(2,3)4)29-30-23-15(12-26)13-27-32(23)19-11-16(40(34,35)36)9-10-20(19)41(37,38)39/h5-11,13,28H,1H2,2-4H3,(H,34,35,36)(H,37,38,39). The van der Waals surface area contributed by atoms with Crippen molar-refractivity contribution in [3.05, 3.63) is 72.1 Å². The number of para-hydroxylation sites is 1. The second kappa shape index (κ2) is 9.45. The van der Waals surface area contributed by atoms with Gasteiger partial charge in [-0.2, -0.15) is 32.3 Å². The van der Waals surface area contributed by atoms with Gasteiger partial charge in [0.05, 0.1) is 28.2 Å². The summed E-state index contributed by atoms with van der Waals surface area (Å²) in [5.74, 6) is 0.165. The van der Waals surface area contributed by atoms with E-state index in [2.05, 4.69) is 27.2 Å². The van der Waals surface area contributed by atoms with Crippen LogP contribution in [0, 0.1) is 11.3 Å². The number of nitrogens with zero attached hydrogens (tertiary/aromatic N) is 7. The summed E-state index contributed by atoms with van der Waals surface area (Å²) in [6.45, 7) is 9.85. The predicted molar refractivity (Wildman–Crippen MR) is 147 cm³/mol. The smallest absolute Gasteiger partial charge is 0.296 e. The number of anilines is 1. The first-order valence-corrected chi connectivity index (χ1v) is 14.7. The Morgan fingerprint density at radius 1 is 1.00 bits per heavy atom. The van der Waals surface area contributed by atoms with E-state index in [1.54, 1.807) is 4.68 Å². The van der Waals surface area contributed by atoms with Crippen molar-refractivity contribution >= 4 is 43.3 Å². The molecule has 41 heavy (non-hydrogen) atoms. The van der Waals surface area contributed by atoms with Crippen molar-refractivity contribution in [1.82, 2.24) is 19.6 Å². The van der Waals surface area contributed by atoms with Gasteiger partial charge in [-0.15, -0.1) is 10.2 Å². The fourth-order valence-corrected chi connectivity index (χ4v) is 5.40. The zero-order valence-corrected chi connectivity index (χ0v) is 23.4. The minimum atomic E-state index is -4.91. The van der Waals surface area contributed by atoms with E-state index < -0.39 is 41.1 Å². The van der Waals surface area contributed by atoms with Crippen molar-refractivity contribution in [1.29, 1.82) is 5.26 Å². The maximum Gasteiger partial charge on any atom is 0.296 e. The summed E-state index contributed by atoms with van der Waals surface area (Å²) in [6.07, 6.45) is 1.07. The quantitative estimate of drug-likeness (QED) is 0.217. The van der Waals surface area contributed by atoms with Crippen LogP contribution in [0.5, 0.6) is 0 Å². The summed E-state index contributed by atoms with van der Waals surface area (Å²) in [7, 11) is -9.70. The SMILES string of the molecule is C=C1Nc2c(N=Nc3c(C#N)cnn3-c3cc(S(=O)(=O)O)ccc3S(=O)(=O)O)c(C(C)(C)C)nn2-c2ccccc21. The first-order valence-electron chi connectivity index (χ1n) is 11.8. The van der Waals surface area contributed by atoms with Crippen LogP contribution in [-0.4, -0.2) is 45.5 Å². The second-order valence-corrected chi connectivity index (χ2v) is 12.8. The molecule has 0 fully saturated rings. The van der Waals surface area contributed by atoms with Crippen molar-refractivity contribution in [2.24, 2.45) is 10.2 Å². The molecule has 0 spiro atoms. The maximum atomic E-state index is 12.1. The van der Waals surface area contributed by atoms with Crippen molar-refractivity contribution < 1.29 is 25.9 Å². The number of azo groups is 1. The van der Waals surface area contributed by atoms with Crippen molar-refractivity contribution in [3.8, 4) is 17.4 Å². The third kappa shape index (κ3) is 4.91. The lowest BCUT2D eigenvalue weighted by Gasteiger charge is -2.21. The minimum absolute atomic E-state index is 0.145. The van der Waals surface area contributed by atoms with E-state index in [-0.39, 0.29) is 11.4 Å². The molecule has 5 rings (SSSR count). The molecule has 0 unspecified atom stereocenters. The van der Waals surface area contributed by atoms with Crippen molar-refractivity contribution in [2.45, 2.75) is 36.0 Å². The number of benzene rings is 2. The summed E-state index contributed by atoms with van der Waals surface area (Å²) in [5.41, 5.74) is 1.83. The number of aromatic nitrogens is 4. The normalized spacial score (nSPS) is 13.5. The molecule has 14 nitrogen and oxygen atoms in total. The molecule has 1 aliphatic rings. The van der Waals surface area contributed by atoms with Gasteiger partial charge in [-0.05, 0) is 24.3 Å². The summed E-state index contributed by atoms with van der Waals surface area (Å²) >= 11 is 0. The molecule has 2 aromatic carbocycles. The predicted octanol–water partition coefficient (Wildman–Crippen LogP) is 4.53. The molecule has 1 aliphatic heterocycles. The molecule has 16 heteroatoms.